The largest absolute Gasteiger partial charge is 0.462 e. The average molecular weight is 303 g/mol. The Kier molecular flexibility index (Phi) is 5.46. The number of hydrogen-bond donors (Lipinski definition) is 0. The van der Waals surface area contributed by atoms with Gasteiger partial charge < -0.3 is 9.30 Å². The van der Waals surface area contributed by atoms with Crippen LogP contribution in [0.25, 0.3) is 0 Å². The monoisotopic (exact) mass is 303 g/mol. The predicted molar refractivity (Wildman–Crippen MR) is 72.0 cm³/mol. The molecule has 0 saturated carbocycles. The first-order chi connectivity index (χ1) is 9.24. The summed E-state index contributed by atoms with van der Waals surface area (Å²) in [4.78, 5) is 23.6. The van der Waals surface area contributed by atoms with E-state index in [4.69, 9.17) is 8.92 Å². The lowest BCUT2D eigenvalue weighted by atomic mass is 10.2. The standard InChI is InChI=1S/C12H17NO6S/c1-4-18-12(15)10-6-5-7-13(11(10)14)8-9(2)19-20(3,16)17/h5-7,9H,4,8H2,1-3H3. The fourth-order valence-corrected chi connectivity index (χ4v) is 2.31. The van der Waals surface area contributed by atoms with Gasteiger partial charge in [0.05, 0.1) is 25.5 Å². The molecule has 1 aromatic rings. The topological polar surface area (TPSA) is 91.7 Å². The van der Waals surface area contributed by atoms with Crippen molar-refractivity contribution in [1.82, 2.24) is 4.57 Å². The number of rotatable bonds is 6. The molecule has 1 unspecified atom stereocenters. The average Bonchev–Trinajstić information content (AvgIpc) is 2.29. The molecule has 0 amide bonds. The fourth-order valence-electron chi connectivity index (χ4n) is 1.65. The molecule has 0 aliphatic carbocycles. The molecule has 7 nitrogen and oxygen atoms in total. The Morgan fingerprint density at radius 1 is 1.45 bits per heavy atom. The first-order valence-electron chi connectivity index (χ1n) is 5.99. The molecule has 0 bridgehead atoms. The zero-order valence-electron chi connectivity index (χ0n) is 11.5. The van der Waals surface area contributed by atoms with Crippen molar-refractivity contribution in [3.8, 4) is 0 Å². The van der Waals surface area contributed by atoms with E-state index in [1.165, 1.54) is 29.8 Å². The summed E-state index contributed by atoms with van der Waals surface area (Å²) in [6.45, 7) is 3.34. The quantitative estimate of drug-likeness (QED) is 0.557. The van der Waals surface area contributed by atoms with Gasteiger partial charge in [0.25, 0.3) is 15.7 Å². The maximum absolute atomic E-state index is 12.0. The summed E-state index contributed by atoms with van der Waals surface area (Å²) in [5.41, 5.74) is -0.643. The van der Waals surface area contributed by atoms with E-state index in [0.29, 0.717) is 0 Å². The van der Waals surface area contributed by atoms with E-state index in [0.717, 1.165) is 6.26 Å². The second-order valence-electron chi connectivity index (χ2n) is 4.21. The summed E-state index contributed by atoms with van der Waals surface area (Å²) < 4.78 is 32.7. The van der Waals surface area contributed by atoms with Crippen LogP contribution in [0.15, 0.2) is 23.1 Å². The van der Waals surface area contributed by atoms with Gasteiger partial charge in [0, 0.05) is 6.20 Å². The summed E-state index contributed by atoms with van der Waals surface area (Å²) in [6, 6.07) is 2.87. The predicted octanol–water partition coefficient (Wildman–Crippen LogP) is 0.390. The van der Waals surface area contributed by atoms with Crippen LogP contribution in [0.3, 0.4) is 0 Å². The molecule has 1 atom stereocenters. The zero-order valence-corrected chi connectivity index (χ0v) is 12.3. The van der Waals surface area contributed by atoms with Crippen LogP contribution in [0.1, 0.15) is 24.2 Å². The highest BCUT2D eigenvalue weighted by Crippen LogP contribution is 2.01. The first kappa shape index (κ1) is 16.4. The highest BCUT2D eigenvalue weighted by Gasteiger charge is 2.16. The Bertz CT molecular complexity index is 634. The minimum atomic E-state index is -3.60. The van der Waals surface area contributed by atoms with Crippen LogP contribution in [0, 0.1) is 0 Å². The van der Waals surface area contributed by atoms with Gasteiger partial charge in [0.1, 0.15) is 5.56 Å². The zero-order chi connectivity index (χ0) is 15.3. The molecule has 1 heterocycles. The smallest absolute Gasteiger partial charge is 0.343 e. The first-order valence-corrected chi connectivity index (χ1v) is 7.81. The molecular formula is C12H17NO6S. The maximum Gasteiger partial charge on any atom is 0.343 e. The van der Waals surface area contributed by atoms with E-state index in [9.17, 15) is 18.0 Å². The lowest BCUT2D eigenvalue weighted by Gasteiger charge is -2.13. The normalized spacial score (nSPS) is 12.9. The van der Waals surface area contributed by atoms with Crippen molar-refractivity contribution in [1.29, 1.82) is 0 Å². The van der Waals surface area contributed by atoms with Crippen LogP contribution in [-0.4, -0.2) is 37.9 Å². The Hall–Kier alpha value is -1.67. The van der Waals surface area contributed by atoms with Crippen LogP contribution in [-0.2, 0) is 25.6 Å². The number of carbonyl (C=O) groups excluding carboxylic acids is 1. The molecule has 0 aliphatic heterocycles. The number of hydrogen-bond acceptors (Lipinski definition) is 6. The third kappa shape index (κ3) is 4.78. The Morgan fingerprint density at radius 2 is 2.10 bits per heavy atom. The molecule has 8 heteroatoms. The van der Waals surface area contributed by atoms with Crippen LogP contribution in [0.2, 0.25) is 0 Å². The van der Waals surface area contributed by atoms with Crippen molar-refractivity contribution in [3.05, 3.63) is 34.2 Å². The highest BCUT2D eigenvalue weighted by atomic mass is 32.2. The summed E-state index contributed by atoms with van der Waals surface area (Å²) in [6.07, 6.45) is 1.66. The summed E-state index contributed by atoms with van der Waals surface area (Å²) in [5.74, 6) is -0.705. The number of esters is 1. The number of pyridine rings is 1. The molecule has 1 rings (SSSR count). The second kappa shape index (κ2) is 6.67. The van der Waals surface area contributed by atoms with Gasteiger partial charge in [-0.1, -0.05) is 0 Å². The molecule has 112 valence electrons. The van der Waals surface area contributed by atoms with Gasteiger partial charge in [-0.2, -0.15) is 8.42 Å². The van der Waals surface area contributed by atoms with E-state index in [1.807, 2.05) is 0 Å². The molecule has 0 saturated heterocycles. The molecule has 0 aliphatic rings. The van der Waals surface area contributed by atoms with Gasteiger partial charge >= 0.3 is 5.97 Å². The van der Waals surface area contributed by atoms with Gasteiger partial charge in [0.15, 0.2) is 0 Å². The SMILES string of the molecule is CCOC(=O)c1cccn(CC(C)OS(C)(=O)=O)c1=O. The van der Waals surface area contributed by atoms with Crippen molar-refractivity contribution in [3.63, 3.8) is 0 Å². The van der Waals surface area contributed by atoms with Gasteiger partial charge in [-0.05, 0) is 26.0 Å². The van der Waals surface area contributed by atoms with Crippen LogP contribution in [0.4, 0.5) is 0 Å². The summed E-state index contributed by atoms with van der Waals surface area (Å²) in [5, 5.41) is 0. The van der Waals surface area contributed by atoms with Crippen molar-refractivity contribution in [2.45, 2.75) is 26.5 Å². The molecule has 0 aromatic carbocycles. The molecule has 1 aromatic heterocycles. The van der Waals surface area contributed by atoms with Gasteiger partial charge in [-0.3, -0.25) is 8.98 Å². The minimum Gasteiger partial charge on any atom is -0.462 e. The molecule has 20 heavy (non-hydrogen) atoms. The number of ether oxygens (including phenoxy) is 1. The molecule has 0 spiro atoms. The van der Waals surface area contributed by atoms with E-state index < -0.39 is 27.8 Å². The Balaban J connectivity index is 2.95. The lowest BCUT2D eigenvalue weighted by Crippen LogP contribution is -2.31. The fraction of sp³-hybridized carbons (Fsp3) is 0.500. The molecule has 0 radical (unpaired) electrons. The number of aromatic nitrogens is 1. The van der Waals surface area contributed by atoms with Crippen LogP contribution < -0.4 is 5.56 Å². The van der Waals surface area contributed by atoms with Crippen molar-refractivity contribution < 1.29 is 22.1 Å². The van der Waals surface area contributed by atoms with E-state index >= 15 is 0 Å². The number of carbonyl (C=O) groups is 1. The lowest BCUT2D eigenvalue weighted by molar-refractivity contribution is 0.0523. The third-order valence-electron chi connectivity index (χ3n) is 2.31. The van der Waals surface area contributed by atoms with E-state index in [2.05, 4.69) is 0 Å². The van der Waals surface area contributed by atoms with Crippen LogP contribution >= 0.6 is 0 Å². The van der Waals surface area contributed by atoms with Crippen LogP contribution in [0.5, 0.6) is 0 Å². The molecule has 0 N–H and O–H groups in total. The maximum atomic E-state index is 12.0. The number of nitrogens with zero attached hydrogens (tertiary/aromatic N) is 1. The third-order valence-corrected chi connectivity index (χ3v) is 2.99. The molecular weight excluding hydrogens is 286 g/mol. The molecule has 0 fully saturated rings. The van der Waals surface area contributed by atoms with Gasteiger partial charge in [-0.25, -0.2) is 4.79 Å². The summed E-state index contributed by atoms with van der Waals surface area (Å²) >= 11 is 0. The van der Waals surface area contributed by atoms with Gasteiger partial charge in [-0.15, -0.1) is 0 Å². The Morgan fingerprint density at radius 3 is 2.65 bits per heavy atom. The summed E-state index contributed by atoms with van der Waals surface area (Å²) in [7, 11) is -3.60. The van der Waals surface area contributed by atoms with Crippen molar-refractivity contribution >= 4 is 16.1 Å². The van der Waals surface area contributed by atoms with E-state index in [1.54, 1.807) is 6.92 Å². The van der Waals surface area contributed by atoms with Crippen molar-refractivity contribution in [2.24, 2.45) is 0 Å². The highest BCUT2D eigenvalue weighted by molar-refractivity contribution is 7.86. The Labute approximate surface area is 117 Å². The van der Waals surface area contributed by atoms with Crippen molar-refractivity contribution in [2.75, 3.05) is 12.9 Å². The van der Waals surface area contributed by atoms with Gasteiger partial charge in [0.2, 0.25) is 0 Å². The minimum absolute atomic E-state index is 0.0130. The van der Waals surface area contributed by atoms with E-state index in [-0.39, 0.29) is 18.7 Å². The second-order valence-corrected chi connectivity index (χ2v) is 5.81.